The minimum absolute atomic E-state index is 0.135. The minimum Gasteiger partial charge on any atom is -0.481 e. The fourth-order valence-electron chi connectivity index (χ4n) is 2.75. The fourth-order valence-corrected chi connectivity index (χ4v) is 3.56. The third kappa shape index (κ3) is 6.41. The number of nitrogens with zero attached hydrogens (tertiary/aromatic N) is 2. The smallest absolute Gasteiger partial charge is 0.303 e. The highest BCUT2D eigenvalue weighted by Crippen LogP contribution is 2.26. The normalized spacial score (nSPS) is 10.4. The molecular formula is C21H26N4O4S. The molecule has 2 heterocycles. The first-order valence-electron chi connectivity index (χ1n) is 9.53. The monoisotopic (exact) mass is 430 g/mol. The Morgan fingerprint density at radius 1 is 1.27 bits per heavy atom. The van der Waals surface area contributed by atoms with Crippen molar-refractivity contribution in [2.75, 3.05) is 11.9 Å². The van der Waals surface area contributed by atoms with E-state index in [1.807, 2.05) is 43.1 Å². The van der Waals surface area contributed by atoms with Gasteiger partial charge in [0.25, 0.3) is 11.5 Å². The Morgan fingerprint density at radius 2 is 2.00 bits per heavy atom. The molecule has 0 radical (unpaired) electrons. The molecule has 0 unspecified atom stereocenters. The summed E-state index contributed by atoms with van der Waals surface area (Å²) in [5.41, 5.74) is 6.82. The van der Waals surface area contributed by atoms with Crippen LogP contribution in [-0.4, -0.2) is 34.0 Å². The fraction of sp³-hybridized carbons (Fsp3) is 0.333. The van der Waals surface area contributed by atoms with Crippen LogP contribution in [0, 0.1) is 6.92 Å². The van der Waals surface area contributed by atoms with Gasteiger partial charge in [-0.15, -0.1) is 11.3 Å². The van der Waals surface area contributed by atoms with E-state index >= 15 is 0 Å². The highest BCUT2D eigenvalue weighted by molar-refractivity contribution is 7.17. The average molecular weight is 431 g/mol. The number of primary amides is 1. The quantitative estimate of drug-likeness (QED) is 0.527. The molecule has 4 N–H and O–H groups in total. The number of thiophene rings is 1. The summed E-state index contributed by atoms with van der Waals surface area (Å²) in [7, 11) is 1.93. The van der Waals surface area contributed by atoms with Crippen molar-refractivity contribution < 1.29 is 14.7 Å². The number of benzene rings is 1. The van der Waals surface area contributed by atoms with Crippen LogP contribution in [0.5, 0.6) is 0 Å². The van der Waals surface area contributed by atoms with Crippen LogP contribution >= 0.6 is 11.3 Å². The lowest BCUT2D eigenvalue weighted by atomic mass is 10.1. The van der Waals surface area contributed by atoms with Crippen molar-refractivity contribution in [3.8, 4) is 0 Å². The number of H-pyrrole nitrogens is 1. The van der Waals surface area contributed by atoms with Crippen LogP contribution in [0.15, 0.2) is 35.1 Å². The molecule has 0 fully saturated rings. The number of hydrogen-bond acceptors (Lipinski definition) is 6. The number of anilines is 1. The van der Waals surface area contributed by atoms with Crippen LogP contribution in [-0.2, 0) is 11.3 Å². The number of aromatic amines is 1. The van der Waals surface area contributed by atoms with E-state index in [4.69, 9.17) is 10.8 Å². The predicted octanol–water partition coefficient (Wildman–Crippen LogP) is 3.29. The lowest BCUT2D eigenvalue weighted by Crippen LogP contribution is -2.16. The van der Waals surface area contributed by atoms with Gasteiger partial charge in [-0.2, -0.15) is 0 Å². The third-order valence-electron chi connectivity index (χ3n) is 4.26. The van der Waals surface area contributed by atoms with E-state index in [2.05, 4.69) is 9.97 Å². The van der Waals surface area contributed by atoms with Gasteiger partial charge in [0, 0.05) is 20.0 Å². The Labute approximate surface area is 178 Å². The Morgan fingerprint density at radius 3 is 2.57 bits per heavy atom. The van der Waals surface area contributed by atoms with Gasteiger partial charge in [-0.1, -0.05) is 19.4 Å². The zero-order chi connectivity index (χ0) is 22.3. The molecule has 0 aliphatic rings. The molecule has 3 rings (SSSR count). The highest BCUT2D eigenvalue weighted by Gasteiger charge is 2.10. The van der Waals surface area contributed by atoms with Crippen molar-refractivity contribution in [3.63, 3.8) is 0 Å². The second kappa shape index (κ2) is 10.5. The number of hydrogen-bond donors (Lipinski definition) is 3. The van der Waals surface area contributed by atoms with Gasteiger partial charge in [0.2, 0.25) is 0 Å². The van der Waals surface area contributed by atoms with Gasteiger partial charge in [-0.05, 0) is 43.2 Å². The zero-order valence-electron chi connectivity index (χ0n) is 17.3. The topological polar surface area (TPSA) is 129 Å². The molecule has 9 heteroatoms. The van der Waals surface area contributed by atoms with Crippen molar-refractivity contribution in [2.45, 2.75) is 39.7 Å². The van der Waals surface area contributed by atoms with Gasteiger partial charge in [-0.3, -0.25) is 14.4 Å². The van der Waals surface area contributed by atoms with Gasteiger partial charge in [0.05, 0.1) is 20.8 Å². The number of carbonyl (C=O) groups is 2. The number of carboxylic acids is 1. The largest absolute Gasteiger partial charge is 0.481 e. The van der Waals surface area contributed by atoms with Crippen LogP contribution in [0.1, 0.15) is 47.2 Å². The molecule has 0 saturated carbocycles. The predicted molar refractivity (Wildman–Crippen MR) is 119 cm³/mol. The SMILES string of the molecule is CCCCC(=O)O.Cc1nc2ccc(CN(C)c3ccc(C(N)=O)s3)cc2c(=O)[nH]1. The van der Waals surface area contributed by atoms with Gasteiger partial charge in [-0.25, -0.2) is 4.98 Å². The highest BCUT2D eigenvalue weighted by atomic mass is 32.1. The van der Waals surface area contributed by atoms with Crippen LogP contribution in [0.2, 0.25) is 0 Å². The van der Waals surface area contributed by atoms with Gasteiger partial charge >= 0.3 is 5.97 Å². The van der Waals surface area contributed by atoms with Crippen LogP contribution < -0.4 is 16.2 Å². The molecule has 3 aromatic rings. The van der Waals surface area contributed by atoms with Crippen LogP contribution in [0.3, 0.4) is 0 Å². The standard InChI is InChI=1S/C16H16N4O2S.C5H10O2/c1-9-18-12-4-3-10(7-11(12)16(22)19-9)8-20(2)14-6-5-13(23-14)15(17)21;1-2-3-4-5(6)7/h3-7H,8H2,1-2H3,(H2,17,21)(H,18,19,22);2-4H2,1H3,(H,6,7). The van der Waals surface area contributed by atoms with Crippen molar-refractivity contribution in [1.29, 1.82) is 0 Å². The summed E-state index contributed by atoms with van der Waals surface area (Å²) < 4.78 is 0. The number of rotatable bonds is 7. The second-order valence-corrected chi connectivity index (χ2v) is 7.92. The molecule has 1 amide bonds. The number of nitrogens with one attached hydrogen (secondary N) is 1. The molecule has 160 valence electrons. The Bertz CT molecular complexity index is 1090. The number of carbonyl (C=O) groups excluding carboxylic acids is 1. The summed E-state index contributed by atoms with van der Waals surface area (Å²) in [4.78, 5) is 42.5. The molecule has 0 aliphatic carbocycles. The summed E-state index contributed by atoms with van der Waals surface area (Å²) in [6.45, 7) is 4.35. The Kier molecular flexibility index (Phi) is 8.11. The van der Waals surface area contributed by atoms with Crippen LogP contribution in [0.25, 0.3) is 10.9 Å². The van der Waals surface area contributed by atoms with Crippen molar-refractivity contribution in [1.82, 2.24) is 9.97 Å². The van der Waals surface area contributed by atoms with E-state index < -0.39 is 11.9 Å². The lowest BCUT2D eigenvalue weighted by Gasteiger charge is -2.17. The first-order chi connectivity index (χ1) is 14.2. The van der Waals surface area contributed by atoms with Gasteiger partial charge in [0.15, 0.2) is 0 Å². The van der Waals surface area contributed by atoms with Gasteiger partial charge < -0.3 is 20.7 Å². The maximum atomic E-state index is 12.0. The number of nitrogens with two attached hydrogens (primary N) is 1. The summed E-state index contributed by atoms with van der Waals surface area (Å²) >= 11 is 1.35. The number of unbranched alkanes of at least 4 members (excludes halogenated alkanes) is 1. The van der Waals surface area contributed by atoms with E-state index in [9.17, 15) is 14.4 Å². The number of aromatic nitrogens is 2. The van der Waals surface area contributed by atoms with Crippen molar-refractivity contribution >= 4 is 39.1 Å². The Balaban J connectivity index is 0.000000396. The summed E-state index contributed by atoms with van der Waals surface area (Å²) in [5.74, 6) is -0.514. The third-order valence-corrected chi connectivity index (χ3v) is 5.48. The summed E-state index contributed by atoms with van der Waals surface area (Å²) in [6.07, 6.45) is 2.08. The molecule has 0 bridgehead atoms. The number of fused-ring (bicyclic) bond motifs is 1. The van der Waals surface area contributed by atoms with Crippen LogP contribution in [0.4, 0.5) is 5.00 Å². The number of carboxylic acid groups (broad SMARTS) is 1. The number of aryl methyl sites for hydroxylation is 1. The maximum Gasteiger partial charge on any atom is 0.303 e. The molecule has 8 nitrogen and oxygen atoms in total. The van der Waals surface area contributed by atoms with E-state index in [1.54, 1.807) is 13.0 Å². The molecule has 0 atom stereocenters. The Hall–Kier alpha value is -3.20. The molecule has 0 aliphatic heterocycles. The summed E-state index contributed by atoms with van der Waals surface area (Å²) in [5, 5.41) is 9.56. The van der Waals surface area contributed by atoms with E-state index in [-0.39, 0.29) is 5.56 Å². The maximum absolute atomic E-state index is 12.0. The molecule has 0 saturated heterocycles. The lowest BCUT2D eigenvalue weighted by molar-refractivity contribution is -0.137. The molecule has 1 aromatic carbocycles. The second-order valence-electron chi connectivity index (χ2n) is 6.86. The van der Waals surface area contributed by atoms with Crippen molar-refractivity contribution in [3.05, 3.63) is 57.0 Å². The average Bonchev–Trinajstić information content (AvgIpc) is 3.18. The molecular weight excluding hydrogens is 404 g/mol. The van der Waals surface area contributed by atoms with E-state index in [0.29, 0.717) is 34.6 Å². The van der Waals surface area contributed by atoms with E-state index in [0.717, 1.165) is 23.4 Å². The number of amides is 1. The van der Waals surface area contributed by atoms with Gasteiger partial charge in [0.1, 0.15) is 5.82 Å². The number of aliphatic carboxylic acids is 1. The molecule has 30 heavy (non-hydrogen) atoms. The first-order valence-corrected chi connectivity index (χ1v) is 10.3. The minimum atomic E-state index is -0.693. The van der Waals surface area contributed by atoms with E-state index in [1.165, 1.54) is 11.3 Å². The summed E-state index contributed by atoms with van der Waals surface area (Å²) in [6, 6.07) is 9.23. The first kappa shape index (κ1) is 23.1. The zero-order valence-corrected chi connectivity index (χ0v) is 18.1. The molecule has 0 spiro atoms. The van der Waals surface area contributed by atoms with Crippen molar-refractivity contribution in [2.24, 2.45) is 5.73 Å². The molecule has 2 aromatic heterocycles.